The van der Waals surface area contributed by atoms with Crippen LogP contribution in [-0.2, 0) is 4.79 Å². The molecule has 2 aromatic heterocycles. The summed E-state index contributed by atoms with van der Waals surface area (Å²) in [4.78, 5) is 45.3. The smallest absolute Gasteiger partial charge is 0.257 e. The van der Waals surface area contributed by atoms with Gasteiger partial charge in [-0.15, -0.1) is 0 Å². The second-order valence-electron chi connectivity index (χ2n) is 9.21. The van der Waals surface area contributed by atoms with Crippen LogP contribution in [0.25, 0.3) is 22.3 Å². The Kier molecular flexibility index (Phi) is 6.38. The van der Waals surface area contributed by atoms with Crippen LogP contribution in [0.15, 0.2) is 76.1 Å². The van der Waals surface area contributed by atoms with Gasteiger partial charge in [-0.25, -0.2) is 4.98 Å². The Balaban J connectivity index is 1.36. The molecule has 2 amide bonds. The molecule has 1 aliphatic rings. The van der Waals surface area contributed by atoms with Gasteiger partial charge in [-0.05, 0) is 50.5 Å². The first-order chi connectivity index (χ1) is 17.4. The van der Waals surface area contributed by atoms with E-state index in [1.165, 1.54) is 0 Å². The number of benzene rings is 2. The number of likely N-dealkylation sites (tertiary alicyclic amines) is 1. The topological polar surface area (TPSA) is 92.5 Å². The van der Waals surface area contributed by atoms with E-state index in [0.29, 0.717) is 59.6 Å². The van der Waals surface area contributed by atoms with E-state index in [0.717, 1.165) is 11.1 Å². The number of nitrogens with zero attached hydrogens (tertiary/aromatic N) is 2. The van der Waals surface area contributed by atoms with Crippen molar-refractivity contribution in [2.45, 2.75) is 26.7 Å². The van der Waals surface area contributed by atoms with Crippen molar-refractivity contribution in [2.75, 3.05) is 18.4 Å². The van der Waals surface area contributed by atoms with Crippen LogP contribution in [0, 0.1) is 19.8 Å². The summed E-state index contributed by atoms with van der Waals surface area (Å²) in [7, 11) is 0. The lowest BCUT2D eigenvalue weighted by atomic mass is 9.95. The number of hydrogen-bond donors (Lipinski definition) is 1. The number of anilines is 1. The van der Waals surface area contributed by atoms with Gasteiger partial charge in [0.05, 0.1) is 10.9 Å². The lowest BCUT2D eigenvalue weighted by Gasteiger charge is -2.31. The molecule has 0 aliphatic carbocycles. The molecule has 0 spiro atoms. The highest BCUT2D eigenvalue weighted by Gasteiger charge is 2.29. The first-order valence-electron chi connectivity index (χ1n) is 12.1. The van der Waals surface area contributed by atoms with E-state index in [-0.39, 0.29) is 23.2 Å². The zero-order chi connectivity index (χ0) is 25.2. The Morgan fingerprint density at radius 2 is 1.72 bits per heavy atom. The van der Waals surface area contributed by atoms with E-state index in [2.05, 4.69) is 10.3 Å². The number of piperidine rings is 1. The van der Waals surface area contributed by atoms with Crippen molar-refractivity contribution in [3.63, 3.8) is 0 Å². The number of rotatable bonds is 4. The van der Waals surface area contributed by atoms with Crippen LogP contribution in [0.2, 0.25) is 0 Å². The predicted molar refractivity (Wildman–Crippen MR) is 139 cm³/mol. The molecule has 2 aromatic carbocycles. The maximum absolute atomic E-state index is 13.5. The van der Waals surface area contributed by atoms with Crippen LogP contribution in [-0.4, -0.2) is 34.8 Å². The summed E-state index contributed by atoms with van der Waals surface area (Å²) in [5.41, 5.74) is 2.81. The van der Waals surface area contributed by atoms with Crippen molar-refractivity contribution in [3.05, 3.63) is 93.8 Å². The van der Waals surface area contributed by atoms with Crippen molar-refractivity contribution in [1.82, 2.24) is 9.88 Å². The van der Waals surface area contributed by atoms with Crippen LogP contribution in [0.1, 0.15) is 34.3 Å². The highest BCUT2D eigenvalue weighted by Crippen LogP contribution is 2.29. The molecule has 1 aliphatic heterocycles. The summed E-state index contributed by atoms with van der Waals surface area (Å²) >= 11 is 0. The maximum Gasteiger partial charge on any atom is 0.257 e. The third-order valence-corrected chi connectivity index (χ3v) is 6.73. The highest BCUT2D eigenvalue weighted by molar-refractivity contribution is 6.05. The number of carbonyl (C=O) groups is 2. The lowest BCUT2D eigenvalue weighted by molar-refractivity contribution is -0.121. The van der Waals surface area contributed by atoms with Crippen molar-refractivity contribution in [1.29, 1.82) is 0 Å². The van der Waals surface area contributed by atoms with Gasteiger partial charge in [0, 0.05) is 36.3 Å². The van der Waals surface area contributed by atoms with Gasteiger partial charge in [0.1, 0.15) is 11.6 Å². The summed E-state index contributed by atoms with van der Waals surface area (Å²) in [5, 5.41) is 3.26. The van der Waals surface area contributed by atoms with Gasteiger partial charge in [-0.3, -0.25) is 14.4 Å². The van der Waals surface area contributed by atoms with Crippen LogP contribution >= 0.6 is 0 Å². The molecule has 5 rings (SSSR count). The number of fused-ring (bicyclic) bond motifs is 1. The van der Waals surface area contributed by atoms with Gasteiger partial charge in [-0.1, -0.05) is 42.5 Å². The molecule has 1 fully saturated rings. The Labute approximate surface area is 208 Å². The molecule has 7 heteroatoms. The van der Waals surface area contributed by atoms with Crippen molar-refractivity contribution in [2.24, 2.45) is 5.92 Å². The first-order valence-corrected chi connectivity index (χ1v) is 12.1. The van der Waals surface area contributed by atoms with Gasteiger partial charge in [0.15, 0.2) is 11.0 Å². The van der Waals surface area contributed by atoms with Crippen LogP contribution in [0.3, 0.4) is 0 Å². The summed E-state index contributed by atoms with van der Waals surface area (Å²) in [6.07, 6.45) is 2.81. The van der Waals surface area contributed by atoms with Gasteiger partial charge in [0.2, 0.25) is 5.91 Å². The van der Waals surface area contributed by atoms with Crippen molar-refractivity contribution < 1.29 is 14.0 Å². The number of nitrogens with one attached hydrogen (secondary N) is 1. The minimum Gasteiger partial charge on any atom is -0.455 e. The molecule has 0 radical (unpaired) electrons. The molecule has 182 valence electrons. The Bertz CT molecular complexity index is 1490. The van der Waals surface area contributed by atoms with E-state index in [1.807, 2.05) is 43.3 Å². The zero-order valence-electron chi connectivity index (χ0n) is 20.3. The number of hydrogen-bond acceptors (Lipinski definition) is 5. The number of amides is 2. The molecule has 7 nitrogen and oxygen atoms in total. The maximum atomic E-state index is 13.5. The molecule has 0 bridgehead atoms. The minimum atomic E-state index is -0.203. The van der Waals surface area contributed by atoms with Crippen LogP contribution in [0.4, 0.5) is 5.82 Å². The standard InChI is InChI=1S/C29H27N3O4/c1-18-11-12-24(30-17-18)31-28(34)21-13-15-32(16-14-21)29(35)23-10-6-9-22-25(33)19(2)26(36-27(22)23)20-7-4-3-5-8-20/h3-12,17,21H,13-16H2,1-2H3,(H,30,31,34). The predicted octanol–water partition coefficient (Wildman–Crippen LogP) is 4.96. The summed E-state index contributed by atoms with van der Waals surface area (Å²) in [6.45, 7) is 4.56. The van der Waals surface area contributed by atoms with Crippen LogP contribution in [0.5, 0.6) is 0 Å². The number of pyridine rings is 1. The normalized spacial score (nSPS) is 14.1. The zero-order valence-corrected chi connectivity index (χ0v) is 20.3. The van der Waals surface area contributed by atoms with E-state index in [4.69, 9.17) is 4.42 Å². The second kappa shape index (κ2) is 9.77. The molecular weight excluding hydrogens is 454 g/mol. The number of carbonyl (C=O) groups excluding carboxylic acids is 2. The third kappa shape index (κ3) is 4.52. The third-order valence-electron chi connectivity index (χ3n) is 6.73. The average molecular weight is 482 g/mol. The van der Waals surface area contributed by atoms with E-state index >= 15 is 0 Å². The van der Waals surface area contributed by atoms with Gasteiger partial charge in [-0.2, -0.15) is 0 Å². The van der Waals surface area contributed by atoms with E-state index in [1.54, 1.807) is 42.3 Å². The molecule has 0 atom stereocenters. The Morgan fingerprint density at radius 1 is 0.972 bits per heavy atom. The quantitative estimate of drug-likeness (QED) is 0.445. The molecule has 1 N–H and O–H groups in total. The fourth-order valence-corrected chi connectivity index (χ4v) is 4.63. The number of para-hydroxylation sites is 1. The molecule has 0 unspecified atom stereocenters. The minimum absolute atomic E-state index is 0.0856. The van der Waals surface area contributed by atoms with Gasteiger partial charge in [0.25, 0.3) is 5.91 Å². The SMILES string of the molecule is Cc1ccc(NC(=O)C2CCN(C(=O)c3cccc4c(=O)c(C)c(-c5ccccc5)oc34)CC2)nc1. The number of aromatic nitrogens is 1. The largest absolute Gasteiger partial charge is 0.455 e. The lowest BCUT2D eigenvalue weighted by Crippen LogP contribution is -2.41. The van der Waals surface area contributed by atoms with Crippen molar-refractivity contribution >= 4 is 28.6 Å². The summed E-state index contributed by atoms with van der Waals surface area (Å²) < 4.78 is 6.22. The first kappa shape index (κ1) is 23.5. The van der Waals surface area contributed by atoms with E-state index in [9.17, 15) is 14.4 Å². The molecule has 1 saturated heterocycles. The molecule has 36 heavy (non-hydrogen) atoms. The second-order valence-corrected chi connectivity index (χ2v) is 9.21. The van der Waals surface area contributed by atoms with Crippen LogP contribution < -0.4 is 10.7 Å². The number of aryl methyl sites for hydroxylation is 1. The molecule has 0 saturated carbocycles. The summed E-state index contributed by atoms with van der Waals surface area (Å²) in [6, 6.07) is 18.2. The highest BCUT2D eigenvalue weighted by atomic mass is 16.3. The molecular formula is C29H27N3O4. The molecule has 4 aromatic rings. The van der Waals surface area contributed by atoms with Gasteiger partial charge < -0.3 is 14.6 Å². The Morgan fingerprint density at radius 3 is 2.42 bits per heavy atom. The summed E-state index contributed by atoms with van der Waals surface area (Å²) in [5.74, 6) is 0.506. The fourth-order valence-electron chi connectivity index (χ4n) is 4.63. The van der Waals surface area contributed by atoms with Gasteiger partial charge >= 0.3 is 0 Å². The molecule has 3 heterocycles. The average Bonchev–Trinajstić information content (AvgIpc) is 2.92. The van der Waals surface area contributed by atoms with Crippen molar-refractivity contribution in [3.8, 4) is 11.3 Å². The fraction of sp³-hybridized carbons (Fsp3) is 0.241. The Hall–Kier alpha value is -4.26. The monoisotopic (exact) mass is 481 g/mol. The van der Waals surface area contributed by atoms with E-state index < -0.39 is 0 Å².